The Labute approximate surface area is 550 Å². The molecule has 0 radical (unpaired) electrons. The zero-order valence-corrected chi connectivity index (χ0v) is 54.7. The summed E-state index contributed by atoms with van der Waals surface area (Å²) in [7, 11) is -3.79. The largest absolute Gasteiger partial charge is 0.490 e. The highest BCUT2D eigenvalue weighted by molar-refractivity contribution is 9.10. The van der Waals surface area contributed by atoms with Crippen molar-refractivity contribution in [2.24, 2.45) is 11.7 Å². The highest BCUT2D eigenvalue weighted by atomic mass is 79.9. The fraction of sp³-hybridized carbons (Fsp3) is 0.381. The molecule has 0 fully saturated rings. The van der Waals surface area contributed by atoms with Gasteiger partial charge in [0.1, 0.15) is 42.6 Å². The molecule has 0 aliphatic carbocycles. The highest BCUT2D eigenvalue weighted by Crippen LogP contribution is 2.33. The molecule has 2 atom stereocenters. The second-order valence-corrected chi connectivity index (χ2v) is 24.2. The van der Waals surface area contributed by atoms with Crippen molar-refractivity contribution in [2.75, 3.05) is 96.0 Å². The van der Waals surface area contributed by atoms with Gasteiger partial charge in [-0.25, -0.2) is 27.7 Å². The van der Waals surface area contributed by atoms with Gasteiger partial charge in [-0.15, -0.1) is 0 Å². The first kappa shape index (κ1) is 72.0. The molecule has 0 spiro atoms. The fourth-order valence-corrected chi connectivity index (χ4v) is 10.0. The number of imidazole rings is 1. The number of halogens is 1. The van der Waals surface area contributed by atoms with Gasteiger partial charge in [0.25, 0.3) is 17.7 Å². The van der Waals surface area contributed by atoms with Crippen molar-refractivity contribution >= 4 is 95.8 Å². The van der Waals surface area contributed by atoms with Gasteiger partial charge in [-0.1, -0.05) is 38.1 Å². The molecule has 3 aromatic carbocycles. The van der Waals surface area contributed by atoms with Crippen molar-refractivity contribution in [3.8, 4) is 28.4 Å². The molecule has 3 aromatic heterocycles. The van der Waals surface area contributed by atoms with Crippen LogP contribution in [0.4, 0.5) is 21.0 Å². The lowest BCUT2D eigenvalue weighted by Crippen LogP contribution is -2.54. The number of benzene rings is 3. The van der Waals surface area contributed by atoms with Gasteiger partial charge >= 0.3 is 12.1 Å². The van der Waals surface area contributed by atoms with Crippen LogP contribution in [0.15, 0.2) is 108 Å². The summed E-state index contributed by atoms with van der Waals surface area (Å²) >= 11 is 3.32. The van der Waals surface area contributed by atoms with E-state index < -0.39 is 57.9 Å². The summed E-state index contributed by atoms with van der Waals surface area (Å²) in [6.07, 6.45) is 4.55. The number of anilines is 2. The van der Waals surface area contributed by atoms with Gasteiger partial charge in [0.2, 0.25) is 27.7 Å². The summed E-state index contributed by atoms with van der Waals surface area (Å²) in [6, 6.07) is 21.8. The number of imide groups is 1. The number of nitrogens with one attached hydrogen (secondary N) is 8. The normalized spacial score (nSPS) is 12.7. The quantitative estimate of drug-likeness (QED) is 0.0186. The molecule has 6 aromatic rings. The van der Waals surface area contributed by atoms with E-state index in [-0.39, 0.29) is 115 Å². The number of alkyl carbamates (subject to hydrolysis) is 1. The van der Waals surface area contributed by atoms with Gasteiger partial charge in [-0.3, -0.25) is 43.6 Å². The van der Waals surface area contributed by atoms with Crippen LogP contribution in [0.25, 0.3) is 33.5 Å². The molecule has 0 saturated heterocycles. The SMILES string of the molecule is Cc1cccc(-c2nc(CNc3ccc(Br)c(C(=O)NS(C)(=O)=O)c3)[nH]c2-c2ccc3ncc(OCCNC(=O)OCc4ccc(NC(=O)C(CCCNC(N)=O)NC(=O)C(NC(=O)CCOCCOCCOCCOCCN5C(=O)C=CC5=O)C(C)C)cc4)cc3c2)n1. The van der Waals surface area contributed by atoms with Gasteiger partial charge in [0, 0.05) is 57.6 Å². The topological polar surface area (TPSA) is 394 Å². The molecule has 4 heterocycles. The van der Waals surface area contributed by atoms with Crippen LogP contribution in [0.5, 0.6) is 5.75 Å². The lowest BCUT2D eigenvalue weighted by atomic mass is 10.0. The lowest BCUT2D eigenvalue weighted by Gasteiger charge is -2.25. The summed E-state index contributed by atoms with van der Waals surface area (Å²) in [5, 5.41) is 17.4. The van der Waals surface area contributed by atoms with Crippen molar-refractivity contribution in [1.82, 2.24) is 50.8 Å². The number of carbonyl (C=O) groups is 8. The third-order valence-corrected chi connectivity index (χ3v) is 15.1. The van der Waals surface area contributed by atoms with E-state index in [4.69, 9.17) is 44.1 Å². The Balaban J connectivity index is 0.825. The van der Waals surface area contributed by atoms with E-state index in [2.05, 4.69) is 57.8 Å². The maximum atomic E-state index is 13.7. The molecule has 0 bridgehead atoms. The summed E-state index contributed by atoms with van der Waals surface area (Å²) in [5.74, 6) is -2.48. The number of pyridine rings is 2. The molecule has 94 heavy (non-hydrogen) atoms. The number of ether oxygens (including phenoxy) is 6. The number of aromatic amines is 1. The Morgan fingerprint density at radius 2 is 1.45 bits per heavy atom. The number of primary amides is 1. The van der Waals surface area contributed by atoms with Crippen molar-refractivity contribution in [3.63, 3.8) is 0 Å². The molecule has 9 amide bonds. The molecule has 7 rings (SSSR count). The molecule has 0 saturated carbocycles. The molecule has 29 nitrogen and oxygen atoms in total. The number of carbonyl (C=O) groups excluding carboxylic acids is 8. The van der Waals surface area contributed by atoms with Crippen LogP contribution >= 0.6 is 15.9 Å². The Kier molecular flexibility index (Phi) is 27.7. The van der Waals surface area contributed by atoms with E-state index >= 15 is 0 Å². The number of amides is 9. The molecule has 1 aliphatic heterocycles. The molecular weight excluding hydrogens is 1310 g/mol. The van der Waals surface area contributed by atoms with Gasteiger partial charge in [-0.2, -0.15) is 0 Å². The molecule has 2 unspecified atom stereocenters. The predicted octanol–water partition coefficient (Wildman–Crippen LogP) is 4.76. The number of hydrogen-bond acceptors (Lipinski definition) is 20. The summed E-state index contributed by atoms with van der Waals surface area (Å²) in [4.78, 5) is 119. The maximum Gasteiger partial charge on any atom is 0.407 e. The zero-order chi connectivity index (χ0) is 67.6. The molecule has 10 N–H and O–H groups in total. The number of hydrogen-bond donors (Lipinski definition) is 9. The second-order valence-electron chi connectivity index (χ2n) is 21.6. The van der Waals surface area contributed by atoms with E-state index in [1.807, 2.05) is 54.1 Å². The number of nitrogens with two attached hydrogens (primary N) is 1. The number of nitrogens with zero attached hydrogens (tertiary/aromatic N) is 4. The lowest BCUT2D eigenvalue weighted by molar-refractivity contribution is -0.137. The third-order valence-electron chi connectivity index (χ3n) is 13.8. The van der Waals surface area contributed by atoms with Crippen LogP contribution in [0.3, 0.4) is 0 Å². The Hall–Kier alpha value is -9.40. The number of aromatic nitrogens is 4. The van der Waals surface area contributed by atoms with Crippen LogP contribution in [0.1, 0.15) is 60.5 Å². The van der Waals surface area contributed by atoms with Crippen molar-refractivity contribution in [3.05, 3.63) is 130 Å². The summed E-state index contributed by atoms with van der Waals surface area (Å²) < 4.78 is 59.2. The Morgan fingerprint density at radius 3 is 2.13 bits per heavy atom. The van der Waals surface area contributed by atoms with E-state index in [1.165, 1.54) is 18.2 Å². The fourth-order valence-electron chi connectivity index (χ4n) is 9.14. The van der Waals surface area contributed by atoms with E-state index in [0.717, 1.165) is 27.8 Å². The second kappa shape index (κ2) is 36.2. The number of urea groups is 1. The van der Waals surface area contributed by atoms with Crippen LogP contribution in [0, 0.1) is 12.8 Å². The van der Waals surface area contributed by atoms with Crippen LogP contribution < -0.4 is 47.1 Å². The first-order chi connectivity index (χ1) is 45.1. The smallest absolute Gasteiger partial charge is 0.407 e. The predicted molar refractivity (Wildman–Crippen MR) is 349 cm³/mol. The van der Waals surface area contributed by atoms with Crippen LogP contribution in [0.2, 0.25) is 0 Å². The number of aryl methyl sites for hydroxylation is 1. The molecular formula is C63H76BrN13O16S. The van der Waals surface area contributed by atoms with E-state index in [9.17, 15) is 46.8 Å². The minimum absolute atomic E-state index is 0.0487. The highest BCUT2D eigenvalue weighted by Gasteiger charge is 2.29. The average molecular weight is 1380 g/mol. The maximum absolute atomic E-state index is 13.7. The Morgan fingerprint density at radius 1 is 0.755 bits per heavy atom. The summed E-state index contributed by atoms with van der Waals surface area (Å²) in [6.45, 7) is 7.85. The van der Waals surface area contributed by atoms with Gasteiger partial charge < -0.3 is 71.0 Å². The minimum Gasteiger partial charge on any atom is -0.490 e. The van der Waals surface area contributed by atoms with Gasteiger partial charge in [0.05, 0.1) is 107 Å². The molecule has 31 heteroatoms. The van der Waals surface area contributed by atoms with E-state index in [1.54, 1.807) is 56.4 Å². The first-order valence-corrected chi connectivity index (χ1v) is 32.7. The standard InChI is InChI=1S/C63H76BrN13O16S/c1-39(2)56(75-53(78)20-24-88-27-29-90-31-32-91-30-28-89-26-23-77-54(79)18-19-55(77)80)61(83)72-51(9-6-21-66-62(65)84)60(82)71-44-13-10-41(11-14-44)38-93-63(85)67-22-25-92-46-34-43-33-42(12-17-49(43)69-36-46)57-58(50-8-5-7-40(3)70-50)74-52(73-57)37-68-45-15-16-48(64)47(35-45)59(81)76-94(4,86)87/h5,7-8,10-19,33-36,39,51,56,68H,6,9,20-32,37-38H2,1-4H3,(H,67,85)(H,71,82)(H,72,83)(H,73,74)(H,75,78)(H,76,81)(H3,65,66,84). The van der Waals surface area contributed by atoms with Gasteiger partial charge in [-0.05, 0) is 108 Å². The monoisotopic (exact) mass is 1380 g/mol. The average Bonchev–Trinajstić information content (AvgIpc) is 1.57. The number of sulfonamides is 1. The van der Waals surface area contributed by atoms with Crippen molar-refractivity contribution < 1.29 is 75.2 Å². The molecule has 1 aliphatic rings. The number of H-pyrrole nitrogens is 1. The van der Waals surface area contributed by atoms with Crippen molar-refractivity contribution in [2.45, 2.75) is 65.3 Å². The van der Waals surface area contributed by atoms with Gasteiger partial charge in [0.15, 0.2) is 0 Å². The number of fused-ring (bicyclic) bond motifs is 1. The minimum atomic E-state index is -3.79. The van der Waals surface area contributed by atoms with Crippen LogP contribution in [-0.4, -0.2) is 178 Å². The Bertz CT molecular complexity index is 3760. The first-order valence-electron chi connectivity index (χ1n) is 30.0. The molecule has 502 valence electrons. The van der Waals surface area contributed by atoms with Crippen LogP contribution in [-0.2, 0) is 70.8 Å². The van der Waals surface area contributed by atoms with Crippen molar-refractivity contribution in [1.29, 1.82) is 0 Å². The number of rotatable bonds is 38. The van der Waals surface area contributed by atoms with E-state index in [0.29, 0.717) is 75.4 Å². The zero-order valence-electron chi connectivity index (χ0n) is 52.3. The summed E-state index contributed by atoms with van der Waals surface area (Å²) in [5.41, 5.74) is 11.1. The third kappa shape index (κ3) is 23.6.